The fourth-order valence-corrected chi connectivity index (χ4v) is 4.74. The first-order valence-electron chi connectivity index (χ1n) is 10.7. The van der Waals surface area contributed by atoms with Gasteiger partial charge in [0, 0.05) is 17.3 Å². The molecule has 0 atom stereocenters. The number of nitrogens with zero attached hydrogens (tertiary/aromatic N) is 2. The van der Waals surface area contributed by atoms with Gasteiger partial charge in [0.25, 0.3) is 5.56 Å². The van der Waals surface area contributed by atoms with Crippen molar-refractivity contribution in [3.63, 3.8) is 0 Å². The van der Waals surface area contributed by atoms with Crippen molar-refractivity contribution < 1.29 is 9.18 Å². The number of rotatable bonds is 6. The number of aromatic nitrogens is 3. The molecule has 2 heterocycles. The zero-order valence-electron chi connectivity index (χ0n) is 18.3. The molecule has 34 heavy (non-hydrogen) atoms. The second kappa shape index (κ2) is 9.11. The van der Waals surface area contributed by atoms with Crippen molar-refractivity contribution in [2.24, 2.45) is 0 Å². The fraction of sp³-hybridized carbons (Fsp3) is 0.0741. The van der Waals surface area contributed by atoms with Gasteiger partial charge in [-0.2, -0.15) is 0 Å². The SMILES string of the molecule is Cc1ccccc1-n1c(SCC(=O)c2ccc(F)cc2)nc2c(-c3ccccc3)c[nH]c2c1=O. The summed E-state index contributed by atoms with van der Waals surface area (Å²) in [6, 6.07) is 22.7. The van der Waals surface area contributed by atoms with Crippen molar-refractivity contribution in [3.8, 4) is 16.8 Å². The lowest BCUT2D eigenvalue weighted by atomic mass is 10.1. The van der Waals surface area contributed by atoms with Crippen molar-refractivity contribution in [3.05, 3.63) is 112 Å². The normalized spacial score (nSPS) is 11.1. The quantitative estimate of drug-likeness (QED) is 0.194. The van der Waals surface area contributed by atoms with Crippen LogP contribution >= 0.6 is 11.8 Å². The number of benzene rings is 3. The van der Waals surface area contributed by atoms with Crippen molar-refractivity contribution in [2.75, 3.05) is 5.75 Å². The average Bonchev–Trinajstić information content (AvgIpc) is 3.29. The summed E-state index contributed by atoms with van der Waals surface area (Å²) in [6.45, 7) is 1.92. The summed E-state index contributed by atoms with van der Waals surface area (Å²) in [5.74, 6) is -0.515. The van der Waals surface area contributed by atoms with Gasteiger partial charge in [-0.15, -0.1) is 0 Å². The highest BCUT2D eigenvalue weighted by Crippen LogP contribution is 2.29. The van der Waals surface area contributed by atoms with E-state index >= 15 is 0 Å². The van der Waals surface area contributed by atoms with Crippen LogP contribution in [-0.4, -0.2) is 26.1 Å². The first kappa shape index (κ1) is 21.9. The predicted molar refractivity (Wildman–Crippen MR) is 133 cm³/mol. The van der Waals surface area contributed by atoms with Crippen LogP contribution in [0.4, 0.5) is 4.39 Å². The number of ketones is 1. The number of aromatic amines is 1. The molecular weight excluding hydrogens is 449 g/mol. The van der Waals surface area contributed by atoms with Crippen LogP contribution in [0.2, 0.25) is 0 Å². The minimum Gasteiger partial charge on any atom is -0.355 e. The monoisotopic (exact) mass is 469 g/mol. The molecular formula is C27H20FN3O2S. The van der Waals surface area contributed by atoms with Crippen molar-refractivity contribution in [1.29, 1.82) is 0 Å². The Balaban J connectivity index is 1.63. The number of halogens is 1. The van der Waals surface area contributed by atoms with Gasteiger partial charge in [-0.05, 0) is 48.4 Å². The third-order valence-corrected chi connectivity index (χ3v) is 6.55. The number of Topliss-reactive ketones (excluding diaryl/α,β-unsaturated/α-hetero) is 1. The summed E-state index contributed by atoms with van der Waals surface area (Å²) < 4.78 is 14.8. The van der Waals surface area contributed by atoms with Crippen molar-refractivity contribution in [1.82, 2.24) is 14.5 Å². The molecule has 0 aliphatic carbocycles. The predicted octanol–water partition coefficient (Wildman–Crippen LogP) is 5.80. The number of H-pyrrole nitrogens is 1. The summed E-state index contributed by atoms with van der Waals surface area (Å²) in [5.41, 5.74) is 4.49. The van der Waals surface area contributed by atoms with E-state index in [9.17, 15) is 14.0 Å². The number of nitrogens with one attached hydrogen (secondary N) is 1. The van der Waals surface area contributed by atoms with E-state index in [4.69, 9.17) is 4.98 Å². The number of aryl methyl sites for hydroxylation is 1. The molecule has 0 spiro atoms. The molecule has 1 N–H and O–H groups in total. The van der Waals surface area contributed by atoms with E-state index < -0.39 is 5.82 Å². The highest BCUT2D eigenvalue weighted by molar-refractivity contribution is 7.99. The number of fused-ring (bicyclic) bond motifs is 1. The maximum Gasteiger partial charge on any atom is 0.283 e. The van der Waals surface area contributed by atoms with Gasteiger partial charge in [-0.1, -0.05) is 60.3 Å². The Morgan fingerprint density at radius 2 is 1.71 bits per heavy atom. The molecule has 5 nitrogen and oxygen atoms in total. The second-order valence-corrected chi connectivity index (χ2v) is 8.77. The molecule has 0 radical (unpaired) electrons. The molecule has 0 aliphatic heterocycles. The minimum absolute atomic E-state index is 0.0561. The maximum absolute atomic E-state index is 13.7. The summed E-state index contributed by atoms with van der Waals surface area (Å²) in [7, 11) is 0. The van der Waals surface area contributed by atoms with Crippen LogP contribution in [0.3, 0.4) is 0 Å². The molecule has 0 unspecified atom stereocenters. The molecule has 0 saturated heterocycles. The van der Waals surface area contributed by atoms with E-state index in [0.29, 0.717) is 27.4 Å². The molecule has 0 saturated carbocycles. The van der Waals surface area contributed by atoms with Crippen molar-refractivity contribution >= 4 is 28.6 Å². The van der Waals surface area contributed by atoms with Gasteiger partial charge in [0.05, 0.1) is 11.4 Å². The van der Waals surface area contributed by atoms with Gasteiger partial charge in [0.2, 0.25) is 0 Å². The molecule has 3 aromatic carbocycles. The standard InChI is InChI=1S/C27H20FN3O2S/c1-17-7-5-6-10-22(17)31-26(33)25-24(21(15-29-25)18-8-3-2-4-9-18)30-27(31)34-16-23(32)19-11-13-20(28)14-12-19/h2-15,29H,16H2,1H3. The number of hydrogen-bond acceptors (Lipinski definition) is 4. The van der Waals surface area contributed by atoms with Gasteiger partial charge in [-0.25, -0.2) is 9.37 Å². The zero-order chi connectivity index (χ0) is 23.7. The van der Waals surface area contributed by atoms with E-state index in [2.05, 4.69) is 4.98 Å². The number of thioether (sulfide) groups is 1. The molecule has 7 heteroatoms. The molecule has 5 aromatic rings. The summed E-state index contributed by atoms with van der Waals surface area (Å²) in [6.07, 6.45) is 1.79. The van der Waals surface area contributed by atoms with Gasteiger partial charge in [-0.3, -0.25) is 14.2 Å². The van der Waals surface area contributed by atoms with Crippen LogP contribution in [0.25, 0.3) is 27.8 Å². The van der Waals surface area contributed by atoms with Crippen LogP contribution < -0.4 is 5.56 Å². The Morgan fingerprint density at radius 3 is 2.44 bits per heavy atom. The number of hydrogen-bond donors (Lipinski definition) is 1. The highest BCUT2D eigenvalue weighted by atomic mass is 32.2. The minimum atomic E-state index is -0.398. The van der Waals surface area contributed by atoms with Gasteiger partial charge < -0.3 is 4.98 Å². The van der Waals surface area contributed by atoms with Crippen LogP contribution in [0, 0.1) is 12.7 Å². The van der Waals surface area contributed by atoms with Crippen molar-refractivity contribution in [2.45, 2.75) is 12.1 Å². The van der Waals surface area contributed by atoms with Gasteiger partial charge in [0.15, 0.2) is 10.9 Å². The van der Waals surface area contributed by atoms with E-state index in [1.165, 1.54) is 36.0 Å². The number of carbonyl (C=O) groups excluding carboxylic acids is 1. The lowest BCUT2D eigenvalue weighted by Gasteiger charge is -2.14. The Labute approximate surface area is 199 Å². The summed E-state index contributed by atoms with van der Waals surface area (Å²) >= 11 is 1.19. The highest BCUT2D eigenvalue weighted by Gasteiger charge is 2.20. The topological polar surface area (TPSA) is 67.8 Å². The van der Waals surface area contributed by atoms with Crippen LogP contribution in [-0.2, 0) is 0 Å². The van der Waals surface area contributed by atoms with Gasteiger partial charge in [0.1, 0.15) is 16.9 Å². The maximum atomic E-state index is 13.7. The average molecular weight is 470 g/mol. The molecule has 168 valence electrons. The Morgan fingerprint density at radius 1 is 1.00 bits per heavy atom. The zero-order valence-corrected chi connectivity index (χ0v) is 19.1. The summed E-state index contributed by atoms with van der Waals surface area (Å²) in [5, 5.41) is 0.416. The lowest BCUT2D eigenvalue weighted by Crippen LogP contribution is -2.23. The first-order valence-corrected chi connectivity index (χ1v) is 11.7. The Hall–Kier alpha value is -3.97. The lowest BCUT2D eigenvalue weighted by molar-refractivity contribution is 0.102. The molecule has 0 fully saturated rings. The van der Waals surface area contributed by atoms with E-state index in [0.717, 1.165) is 16.7 Å². The third-order valence-electron chi connectivity index (χ3n) is 5.61. The second-order valence-electron chi connectivity index (χ2n) is 7.83. The van der Waals surface area contributed by atoms with E-state index in [1.807, 2.05) is 61.5 Å². The Kier molecular flexibility index (Phi) is 5.86. The molecule has 2 aromatic heterocycles. The largest absolute Gasteiger partial charge is 0.355 e. The first-order chi connectivity index (χ1) is 16.5. The molecule has 0 bridgehead atoms. The van der Waals surface area contributed by atoms with E-state index in [1.54, 1.807) is 10.8 Å². The van der Waals surface area contributed by atoms with Gasteiger partial charge >= 0.3 is 0 Å². The molecule has 5 rings (SSSR count). The smallest absolute Gasteiger partial charge is 0.283 e. The number of para-hydroxylation sites is 1. The fourth-order valence-electron chi connectivity index (χ4n) is 3.85. The summed E-state index contributed by atoms with van der Waals surface area (Å²) in [4.78, 5) is 34.4. The number of carbonyl (C=O) groups is 1. The Bertz CT molecular complexity index is 1560. The van der Waals surface area contributed by atoms with E-state index in [-0.39, 0.29) is 17.1 Å². The third kappa shape index (κ3) is 4.06. The van der Waals surface area contributed by atoms with Crippen LogP contribution in [0.15, 0.2) is 95.0 Å². The van der Waals surface area contributed by atoms with Crippen LogP contribution in [0.5, 0.6) is 0 Å². The molecule has 0 amide bonds. The van der Waals surface area contributed by atoms with Crippen LogP contribution in [0.1, 0.15) is 15.9 Å². The molecule has 0 aliphatic rings.